The predicted octanol–water partition coefficient (Wildman–Crippen LogP) is 2.48. The Bertz CT molecular complexity index is 640. The monoisotopic (exact) mass is 315 g/mol. The Labute approximate surface area is 123 Å². The number of halogens is 1. The lowest BCUT2D eigenvalue weighted by Crippen LogP contribution is -2.35. The molecular formula is C14H18FNO4S. The third-order valence-electron chi connectivity index (χ3n) is 3.45. The van der Waals surface area contributed by atoms with Gasteiger partial charge in [-0.15, -0.1) is 0 Å². The van der Waals surface area contributed by atoms with Crippen molar-refractivity contribution in [2.45, 2.75) is 43.5 Å². The van der Waals surface area contributed by atoms with Crippen LogP contribution in [0, 0.1) is 5.82 Å². The van der Waals surface area contributed by atoms with Crippen molar-refractivity contribution in [1.29, 1.82) is 0 Å². The molecule has 0 amide bonds. The number of rotatable bonds is 7. The number of sulfonamides is 1. The van der Waals surface area contributed by atoms with Crippen LogP contribution in [0.1, 0.15) is 43.0 Å². The van der Waals surface area contributed by atoms with Crippen LogP contribution in [-0.2, 0) is 10.0 Å². The van der Waals surface area contributed by atoms with Crippen LogP contribution >= 0.6 is 0 Å². The maximum Gasteiger partial charge on any atom is 0.337 e. The highest BCUT2D eigenvalue weighted by Gasteiger charge is 2.39. The van der Waals surface area contributed by atoms with Crippen molar-refractivity contribution < 1.29 is 22.7 Å². The summed E-state index contributed by atoms with van der Waals surface area (Å²) in [7, 11) is -4.00. The summed E-state index contributed by atoms with van der Waals surface area (Å²) in [6.07, 6.45) is 3.04. The highest BCUT2D eigenvalue weighted by Crippen LogP contribution is 2.33. The lowest BCUT2D eigenvalue weighted by atomic mass is 10.2. The van der Waals surface area contributed by atoms with Crippen molar-refractivity contribution in [2.75, 3.05) is 6.54 Å². The first-order chi connectivity index (χ1) is 9.87. The van der Waals surface area contributed by atoms with E-state index in [1.807, 2.05) is 6.92 Å². The third kappa shape index (κ3) is 3.41. The fourth-order valence-electron chi connectivity index (χ4n) is 2.19. The Kier molecular flexibility index (Phi) is 4.63. The summed E-state index contributed by atoms with van der Waals surface area (Å²) in [5.74, 6) is -2.13. The first-order valence-electron chi connectivity index (χ1n) is 6.92. The predicted molar refractivity (Wildman–Crippen MR) is 75.2 cm³/mol. The minimum absolute atomic E-state index is 0.0912. The topological polar surface area (TPSA) is 74.7 Å². The van der Waals surface area contributed by atoms with Crippen LogP contribution in [-0.4, -0.2) is 36.4 Å². The van der Waals surface area contributed by atoms with E-state index in [1.54, 1.807) is 0 Å². The average Bonchev–Trinajstić information content (AvgIpc) is 3.23. The average molecular weight is 315 g/mol. The van der Waals surface area contributed by atoms with Crippen molar-refractivity contribution in [1.82, 2.24) is 4.31 Å². The third-order valence-corrected chi connectivity index (χ3v) is 5.44. The quantitative estimate of drug-likeness (QED) is 0.839. The number of hydrogen-bond acceptors (Lipinski definition) is 3. The molecule has 0 radical (unpaired) electrons. The summed E-state index contributed by atoms with van der Waals surface area (Å²) in [5.41, 5.74) is -0.390. The second kappa shape index (κ2) is 6.11. The molecule has 116 valence electrons. The van der Waals surface area contributed by atoms with Gasteiger partial charge in [-0.3, -0.25) is 0 Å². The van der Waals surface area contributed by atoms with E-state index < -0.39 is 32.3 Å². The van der Waals surface area contributed by atoms with Gasteiger partial charge in [0.15, 0.2) is 0 Å². The summed E-state index contributed by atoms with van der Waals surface area (Å²) < 4.78 is 40.1. The van der Waals surface area contributed by atoms with Gasteiger partial charge >= 0.3 is 5.97 Å². The van der Waals surface area contributed by atoms with Gasteiger partial charge < -0.3 is 5.11 Å². The second-order valence-electron chi connectivity index (χ2n) is 5.15. The maximum absolute atomic E-state index is 13.4. The molecule has 0 heterocycles. The fourth-order valence-corrected chi connectivity index (χ4v) is 4.11. The van der Waals surface area contributed by atoms with Gasteiger partial charge in [0, 0.05) is 12.6 Å². The SMILES string of the molecule is CCCCN(C1CC1)S(=O)(=O)c1cc(F)ccc1C(=O)O. The highest BCUT2D eigenvalue weighted by atomic mass is 32.2. The van der Waals surface area contributed by atoms with Crippen molar-refractivity contribution in [3.8, 4) is 0 Å². The van der Waals surface area contributed by atoms with Gasteiger partial charge in [-0.05, 0) is 37.5 Å². The lowest BCUT2D eigenvalue weighted by Gasteiger charge is -2.22. The normalized spacial score (nSPS) is 15.4. The van der Waals surface area contributed by atoms with Crippen molar-refractivity contribution in [3.05, 3.63) is 29.6 Å². The van der Waals surface area contributed by atoms with Crippen molar-refractivity contribution in [3.63, 3.8) is 0 Å². The van der Waals surface area contributed by atoms with Gasteiger partial charge in [-0.1, -0.05) is 13.3 Å². The number of benzene rings is 1. The Morgan fingerprint density at radius 1 is 1.43 bits per heavy atom. The summed E-state index contributed by atoms with van der Waals surface area (Å²) in [5, 5.41) is 9.13. The van der Waals surface area contributed by atoms with Crippen LogP contribution in [0.15, 0.2) is 23.1 Å². The molecule has 1 fully saturated rings. The standard InChI is InChI=1S/C14H18FNO4S/c1-2-3-8-16(11-5-6-11)21(19,20)13-9-10(15)4-7-12(13)14(17)18/h4,7,9,11H,2-3,5-6,8H2,1H3,(H,17,18). The van der Waals surface area contributed by atoms with Gasteiger partial charge in [-0.25, -0.2) is 17.6 Å². The molecule has 7 heteroatoms. The molecule has 0 aromatic heterocycles. The van der Waals surface area contributed by atoms with Crippen LogP contribution in [0.5, 0.6) is 0 Å². The number of aromatic carboxylic acids is 1. The molecule has 2 rings (SSSR count). The van der Waals surface area contributed by atoms with E-state index in [-0.39, 0.29) is 6.04 Å². The molecule has 0 saturated heterocycles. The number of unbranched alkanes of at least 4 members (excludes halogenated alkanes) is 1. The first-order valence-corrected chi connectivity index (χ1v) is 8.36. The van der Waals surface area contributed by atoms with Crippen LogP contribution in [0.3, 0.4) is 0 Å². The van der Waals surface area contributed by atoms with Crippen LogP contribution in [0.2, 0.25) is 0 Å². The van der Waals surface area contributed by atoms with Gasteiger partial charge in [0.1, 0.15) is 5.82 Å². The first kappa shape index (κ1) is 15.9. The molecule has 0 atom stereocenters. The molecule has 5 nitrogen and oxygen atoms in total. The van der Waals surface area contributed by atoms with Crippen molar-refractivity contribution in [2.24, 2.45) is 0 Å². The van der Waals surface area contributed by atoms with Crippen LogP contribution in [0.25, 0.3) is 0 Å². The maximum atomic E-state index is 13.4. The van der Waals surface area contributed by atoms with E-state index in [0.29, 0.717) is 13.0 Å². The molecule has 0 spiro atoms. The number of hydrogen-bond donors (Lipinski definition) is 1. The van der Waals surface area contributed by atoms with E-state index in [2.05, 4.69) is 0 Å². The Balaban J connectivity index is 2.46. The number of carboxylic acids is 1. The van der Waals surface area contributed by atoms with E-state index >= 15 is 0 Å². The molecular weight excluding hydrogens is 297 g/mol. The molecule has 1 aromatic rings. The molecule has 21 heavy (non-hydrogen) atoms. The Morgan fingerprint density at radius 2 is 2.10 bits per heavy atom. The summed E-state index contributed by atoms with van der Waals surface area (Å²) >= 11 is 0. The van der Waals surface area contributed by atoms with Gasteiger partial charge in [-0.2, -0.15) is 4.31 Å². The Morgan fingerprint density at radius 3 is 2.62 bits per heavy atom. The number of carboxylic acid groups (broad SMARTS) is 1. The number of nitrogens with zero attached hydrogens (tertiary/aromatic N) is 1. The molecule has 1 aliphatic rings. The zero-order chi connectivity index (χ0) is 15.6. The molecule has 1 aliphatic carbocycles. The smallest absolute Gasteiger partial charge is 0.337 e. The van der Waals surface area contributed by atoms with E-state index in [9.17, 15) is 17.6 Å². The summed E-state index contributed by atoms with van der Waals surface area (Å²) in [6, 6.07) is 2.65. The van der Waals surface area contributed by atoms with Crippen LogP contribution < -0.4 is 0 Å². The highest BCUT2D eigenvalue weighted by molar-refractivity contribution is 7.89. The molecule has 1 saturated carbocycles. The molecule has 0 bridgehead atoms. The van der Waals surface area contributed by atoms with E-state index in [0.717, 1.165) is 37.5 Å². The fraction of sp³-hybridized carbons (Fsp3) is 0.500. The van der Waals surface area contributed by atoms with Gasteiger partial charge in [0.2, 0.25) is 10.0 Å². The van der Waals surface area contributed by atoms with Gasteiger partial charge in [0.25, 0.3) is 0 Å². The lowest BCUT2D eigenvalue weighted by molar-refractivity contribution is 0.0692. The zero-order valence-electron chi connectivity index (χ0n) is 11.8. The minimum atomic E-state index is -4.00. The van der Waals surface area contributed by atoms with E-state index in [1.165, 1.54) is 4.31 Å². The molecule has 0 aliphatic heterocycles. The van der Waals surface area contributed by atoms with E-state index in [4.69, 9.17) is 5.11 Å². The Hall–Kier alpha value is -1.47. The molecule has 1 aromatic carbocycles. The minimum Gasteiger partial charge on any atom is -0.478 e. The second-order valence-corrected chi connectivity index (χ2v) is 7.01. The summed E-state index contributed by atoms with van der Waals surface area (Å²) in [4.78, 5) is 10.7. The largest absolute Gasteiger partial charge is 0.478 e. The molecule has 0 unspecified atom stereocenters. The molecule has 1 N–H and O–H groups in total. The van der Waals surface area contributed by atoms with Crippen molar-refractivity contribution >= 4 is 16.0 Å². The zero-order valence-corrected chi connectivity index (χ0v) is 12.6. The van der Waals surface area contributed by atoms with Gasteiger partial charge in [0.05, 0.1) is 10.5 Å². The van der Waals surface area contributed by atoms with Crippen LogP contribution in [0.4, 0.5) is 4.39 Å². The number of carbonyl (C=O) groups is 1. The summed E-state index contributed by atoms with van der Waals surface area (Å²) in [6.45, 7) is 2.28.